The molecular formula is C21H24IN5O2. The maximum absolute atomic E-state index is 12.0. The molecule has 0 bridgehead atoms. The van der Waals surface area contributed by atoms with Gasteiger partial charge in [-0.05, 0) is 17.7 Å². The van der Waals surface area contributed by atoms with Crippen molar-refractivity contribution in [3.05, 3.63) is 78.2 Å². The molecule has 1 aromatic heterocycles. The molecule has 0 unspecified atom stereocenters. The van der Waals surface area contributed by atoms with Crippen LogP contribution in [0.25, 0.3) is 11.5 Å². The first-order valence-electron chi connectivity index (χ1n) is 8.99. The number of hydrogen-bond donors (Lipinski definition) is 3. The van der Waals surface area contributed by atoms with Gasteiger partial charge in [0, 0.05) is 19.2 Å². The van der Waals surface area contributed by atoms with E-state index in [2.05, 4.69) is 25.9 Å². The number of nitrogens with one attached hydrogen (secondary N) is 3. The molecule has 7 nitrogen and oxygen atoms in total. The molecule has 0 aliphatic heterocycles. The van der Waals surface area contributed by atoms with E-state index >= 15 is 0 Å². The van der Waals surface area contributed by atoms with Crippen LogP contribution in [0.1, 0.15) is 11.3 Å². The predicted molar refractivity (Wildman–Crippen MR) is 124 cm³/mol. The summed E-state index contributed by atoms with van der Waals surface area (Å²) in [4.78, 5) is 20.6. The Kier molecular flexibility index (Phi) is 9.16. The van der Waals surface area contributed by atoms with Gasteiger partial charge in [0.2, 0.25) is 11.8 Å². The molecule has 0 aliphatic carbocycles. The second-order valence-corrected chi connectivity index (χ2v) is 6.05. The van der Waals surface area contributed by atoms with Crippen LogP contribution in [0.4, 0.5) is 0 Å². The minimum absolute atomic E-state index is 0. The van der Waals surface area contributed by atoms with Crippen molar-refractivity contribution in [2.75, 3.05) is 13.6 Å². The largest absolute Gasteiger partial charge is 0.444 e. The third-order valence-corrected chi connectivity index (χ3v) is 3.98. The molecule has 0 saturated carbocycles. The van der Waals surface area contributed by atoms with Gasteiger partial charge >= 0.3 is 0 Å². The molecule has 3 rings (SSSR count). The highest BCUT2D eigenvalue weighted by Crippen LogP contribution is 2.17. The minimum Gasteiger partial charge on any atom is -0.444 e. The molecule has 0 saturated heterocycles. The summed E-state index contributed by atoms with van der Waals surface area (Å²) in [5, 5.41) is 8.96. The van der Waals surface area contributed by atoms with Crippen molar-refractivity contribution in [3.8, 4) is 11.5 Å². The lowest BCUT2D eigenvalue weighted by Gasteiger charge is -2.11. The van der Waals surface area contributed by atoms with Crippen molar-refractivity contribution in [1.29, 1.82) is 0 Å². The second kappa shape index (κ2) is 11.8. The normalized spacial score (nSPS) is 10.7. The third-order valence-electron chi connectivity index (χ3n) is 3.98. The number of rotatable bonds is 7. The molecule has 3 N–H and O–H groups in total. The monoisotopic (exact) mass is 505 g/mol. The van der Waals surface area contributed by atoms with Crippen LogP contribution in [-0.2, 0) is 17.9 Å². The lowest BCUT2D eigenvalue weighted by molar-refractivity contribution is -0.120. The SMILES string of the molecule is CN=C(NCC(=O)NCc1ccccc1)NCc1coc(-c2ccccc2)n1.I. The number of carbonyl (C=O) groups is 1. The first-order valence-corrected chi connectivity index (χ1v) is 8.99. The molecule has 0 atom stereocenters. The smallest absolute Gasteiger partial charge is 0.239 e. The number of oxazole rings is 1. The highest BCUT2D eigenvalue weighted by molar-refractivity contribution is 14.0. The molecular weight excluding hydrogens is 481 g/mol. The minimum atomic E-state index is -0.111. The van der Waals surface area contributed by atoms with E-state index in [0.717, 1.165) is 16.8 Å². The van der Waals surface area contributed by atoms with Crippen molar-refractivity contribution >= 4 is 35.8 Å². The molecule has 1 amide bonds. The van der Waals surface area contributed by atoms with Crippen molar-refractivity contribution in [3.63, 3.8) is 0 Å². The van der Waals surface area contributed by atoms with E-state index in [1.54, 1.807) is 13.3 Å². The maximum atomic E-state index is 12.0. The number of aromatic nitrogens is 1. The number of guanidine groups is 1. The van der Waals surface area contributed by atoms with Gasteiger partial charge in [0.1, 0.15) is 6.26 Å². The van der Waals surface area contributed by atoms with Crippen molar-refractivity contribution in [2.24, 2.45) is 4.99 Å². The summed E-state index contributed by atoms with van der Waals surface area (Å²) >= 11 is 0. The molecule has 29 heavy (non-hydrogen) atoms. The van der Waals surface area contributed by atoms with Crippen LogP contribution in [0.5, 0.6) is 0 Å². The molecule has 152 valence electrons. The molecule has 2 aromatic carbocycles. The average molecular weight is 505 g/mol. The Hall–Kier alpha value is -2.88. The molecule has 0 aliphatic rings. The molecule has 0 fully saturated rings. The van der Waals surface area contributed by atoms with Gasteiger partial charge in [0.15, 0.2) is 5.96 Å². The van der Waals surface area contributed by atoms with Crippen LogP contribution in [0, 0.1) is 0 Å². The summed E-state index contributed by atoms with van der Waals surface area (Å²) in [5.74, 6) is 0.972. The first-order chi connectivity index (χ1) is 13.7. The van der Waals surface area contributed by atoms with Gasteiger partial charge in [-0.15, -0.1) is 24.0 Å². The van der Waals surface area contributed by atoms with E-state index in [0.29, 0.717) is 24.9 Å². The van der Waals surface area contributed by atoms with Crippen molar-refractivity contribution in [2.45, 2.75) is 13.1 Å². The Balaban J connectivity index is 0.00000300. The van der Waals surface area contributed by atoms with Crippen LogP contribution in [0.3, 0.4) is 0 Å². The van der Waals surface area contributed by atoms with Crippen LogP contribution in [-0.4, -0.2) is 30.4 Å². The Bertz CT molecular complexity index is 913. The first kappa shape index (κ1) is 22.4. The van der Waals surface area contributed by atoms with Crippen molar-refractivity contribution < 1.29 is 9.21 Å². The Morgan fingerprint density at radius 3 is 2.34 bits per heavy atom. The molecule has 0 spiro atoms. The van der Waals surface area contributed by atoms with Crippen LogP contribution in [0.2, 0.25) is 0 Å². The van der Waals surface area contributed by atoms with E-state index in [1.165, 1.54) is 0 Å². The number of carbonyl (C=O) groups excluding carboxylic acids is 1. The lowest BCUT2D eigenvalue weighted by atomic mass is 10.2. The zero-order chi connectivity index (χ0) is 19.6. The fraction of sp³-hybridized carbons (Fsp3) is 0.190. The van der Waals surface area contributed by atoms with E-state index in [9.17, 15) is 4.79 Å². The number of nitrogens with zero attached hydrogens (tertiary/aromatic N) is 2. The Morgan fingerprint density at radius 1 is 0.966 bits per heavy atom. The Labute approximate surface area is 187 Å². The standard InChI is InChI=1S/C21H23N5O2.HI/c1-22-21(25-14-19(27)23-12-16-8-4-2-5-9-16)24-13-18-15-28-20(26-18)17-10-6-3-7-11-17;/h2-11,15H,12-14H2,1H3,(H,23,27)(H2,22,24,25);1H. The lowest BCUT2D eigenvalue weighted by Crippen LogP contribution is -2.42. The fourth-order valence-electron chi connectivity index (χ4n) is 2.52. The second-order valence-electron chi connectivity index (χ2n) is 6.05. The van der Waals surface area contributed by atoms with Gasteiger partial charge in [0.25, 0.3) is 0 Å². The highest BCUT2D eigenvalue weighted by atomic mass is 127. The number of hydrogen-bond acceptors (Lipinski definition) is 4. The van der Waals surface area contributed by atoms with Crippen LogP contribution < -0.4 is 16.0 Å². The van der Waals surface area contributed by atoms with Gasteiger partial charge in [-0.25, -0.2) is 4.98 Å². The molecule has 0 radical (unpaired) electrons. The topological polar surface area (TPSA) is 91.5 Å². The molecule has 1 heterocycles. The van der Waals surface area contributed by atoms with Gasteiger partial charge in [-0.1, -0.05) is 48.5 Å². The third kappa shape index (κ3) is 7.22. The molecule has 3 aromatic rings. The quantitative estimate of drug-likeness (QED) is 0.261. The highest BCUT2D eigenvalue weighted by Gasteiger charge is 2.08. The molecule has 8 heteroatoms. The fourth-order valence-corrected chi connectivity index (χ4v) is 2.52. The predicted octanol–water partition coefficient (Wildman–Crippen LogP) is 2.94. The summed E-state index contributed by atoms with van der Waals surface area (Å²) in [6.45, 7) is 1.05. The zero-order valence-corrected chi connectivity index (χ0v) is 18.4. The van der Waals surface area contributed by atoms with Gasteiger partial charge < -0.3 is 20.4 Å². The maximum Gasteiger partial charge on any atom is 0.239 e. The van der Waals surface area contributed by atoms with Gasteiger partial charge in [-0.3, -0.25) is 9.79 Å². The van der Waals surface area contributed by atoms with E-state index in [4.69, 9.17) is 4.42 Å². The van der Waals surface area contributed by atoms with Gasteiger partial charge in [0.05, 0.1) is 18.8 Å². The average Bonchev–Trinajstić information content (AvgIpc) is 3.23. The summed E-state index contributed by atoms with van der Waals surface area (Å²) < 4.78 is 5.51. The number of halogens is 1. The summed E-state index contributed by atoms with van der Waals surface area (Å²) in [5.41, 5.74) is 2.72. The van der Waals surface area contributed by atoms with E-state index in [-0.39, 0.29) is 36.4 Å². The summed E-state index contributed by atoms with van der Waals surface area (Å²) in [6.07, 6.45) is 1.61. The van der Waals surface area contributed by atoms with Crippen molar-refractivity contribution in [1.82, 2.24) is 20.9 Å². The van der Waals surface area contributed by atoms with Crippen LogP contribution >= 0.6 is 24.0 Å². The number of amides is 1. The Morgan fingerprint density at radius 2 is 1.66 bits per heavy atom. The zero-order valence-electron chi connectivity index (χ0n) is 16.1. The summed E-state index contributed by atoms with van der Waals surface area (Å²) in [6, 6.07) is 19.5. The summed E-state index contributed by atoms with van der Waals surface area (Å²) in [7, 11) is 1.65. The number of aliphatic imine (C=N–C) groups is 1. The van der Waals surface area contributed by atoms with Crippen LogP contribution in [0.15, 0.2) is 76.3 Å². The van der Waals surface area contributed by atoms with Gasteiger partial charge in [-0.2, -0.15) is 0 Å². The van der Waals surface area contributed by atoms with E-state index < -0.39 is 0 Å². The number of benzene rings is 2. The van der Waals surface area contributed by atoms with E-state index in [1.807, 2.05) is 60.7 Å².